The summed E-state index contributed by atoms with van der Waals surface area (Å²) in [5.41, 5.74) is 1.07. The average molecular weight is 294 g/mol. The van der Waals surface area contributed by atoms with Gasteiger partial charge < -0.3 is 10.4 Å². The third-order valence-electron chi connectivity index (χ3n) is 4.16. The first-order chi connectivity index (χ1) is 10.2. The Morgan fingerprint density at radius 3 is 3.05 bits per heavy atom. The number of rotatable bonds is 7. The van der Waals surface area contributed by atoms with Crippen LogP contribution in [0.25, 0.3) is 0 Å². The molecular formula is C15H26N4O2. The monoisotopic (exact) mass is 294 g/mol. The summed E-state index contributed by atoms with van der Waals surface area (Å²) in [4.78, 5) is 14.1. The molecule has 0 bridgehead atoms. The lowest BCUT2D eigenvalue weighted by molar-refractivity contribution is -0.121. The van der Waals surface area contributed by atoms with Gasteiger partial charge in [0.15, 0.2) is 0 Å². The highest BCUT2D eigenvalue weighted by molar-refractivity contribution is 5.75. The molecular weight excluding hydrogens is 268 g/mol. The fourth-order valence-electron chi connectivity index (χ4n) is 2.83. The normalized spacial score (nSPS) is 19.6. The Balaban J connectivity index is 1.63. The van der Waals surface area contributed by atoms with Gasteiger partial charge in [0, 0.05) is 44.0 Å². The quantitative estimate of drug-likeness (QED) is 0.770. The van der Waals surface area contributed by atoms with E-state index in [-0.39, 0.29) is 18.6 Å². The zero-order valence-corrected chi connectivity index (χ0v) is 12.8. The number of carbonyl (C=O) groups is 1. The number of likely N-dealkylation sites (tertiary alicyclic amines) is 1. The molecule has 0 spiro atoms. The number of amides is 1. The van der Waals surface area contributed by atoms with Crippen LogP contribution in [0.5, 0.6) is 0 Å². The first-order valence-corrected chi connectivity index (χ1v) is 7.80. The third-order valence-corrected chi connectivity index (χ3v) is 4.16. The Hall–Kier alpha value is -1.40. The van der Waals surface area contributed by atoms with Crippen LogP contribution in [0.4, 0.5) is 0 Å². The van der Waals surface area contributed by atoms with E-state index >= 15 is 0 Å². The van der Waals surface area contributed by atoms with E-state index in [1.54, 1.807) is 6.20 Å². The highest BCUT2D eigenvalue weighted by Crippen LogP contribution is 2.15. The van der Waals surface area contributed by atoms with Gasteiger partial charge >= 0.3 is 0 Å². The van der Waals surface area contributed by atoms with Crippen molar-refractivity contribution in [1.82, 2.24) is 20.0 Å². The highest BCUT2D eigenvalue weighted by Gasteiger charge is 2.20. The van der Waals surface area contributed by atoms with Crippen molar-refractivity contribution in [3.8, 4) is 0 Å². The molecule has 6 heteroatoms. The summed E-state index contributed by atoms with van der Waals surface area (Å²) in [6.45, 7) is 5.30. The number of nitrogens with one attached hydrogen (secondary N) is 1. The molecule has 1 aliphatic heterocycles. The number of aliphatic hydroxyl groups excluding tert-OH is 1. The molecule has 1 aromatic heterocycles. The first-order valence-electron chi connectivity index (χ1n) is 7.80. The maximum atomic E-state index is 11.8. The molecule has 1 aliphatic rings. The van der Waals surface area contributed by atoms with Gasteiger partial charge in [0.25, 0.3) is 0 Å². The van der Waals surface area contributed by atoms with E-state index in [0.29, 0.717) is 19.5 Å². The van der Waals surface area contributed by atoms with E-state index in [4.69, 9.17) is 0 Å². The lowest BCUT2D eigenvalue weighted by atomic mass is 10.0. The topological polar surface area (TPSA) is 70.4 Å². The van der Waals surface area contributed by atoms with Gasteiger partial charge in [0.1, 0.15) is 0 Å². The molecule has 0 saturated carbocycles. The van der Waals surface area contributed by atoms with Crippen molar-refractivity contribution < 1.29 is 9.90 Å². The van der Waals surface area contributed by atoms with E-state index in [9.17, 15) is 9.90 Å². The van der Waals surface area contributed by atoms with Crippen molar-refractivity contribution in [3.63, 3.8) is 0 Å². The van der Waals surface area contributed by atoms with E-state index in [0.717, 1.165) is 25.2 Å². The van der Waals surface area contributed by atoms with Gasteiger partial charge in [-0.3, -0.25) is 14.4 Å². The molecule has 1 aromatic rings. The minimum Gasteiger partial charge on any atom is -0.395 e. The van der Waals surface area contributed by atoms with Gasteiger partial charge in [0.05, 0.1) is 6.61 Å². The number of aromatic nitrogens is 2. The lowest BCUT2D eigenvalue weighted by Gasteiger charge is -2.34. The van der Waals surface area contributed by atoms with Crippen molar-refractivity contribution in [1.29, 1.82) is 0 Å². The van der Waals surface area contributed by atoms with Crippen molar-refractivity contribution in [2.24, 2.45) is 0 Å². The van der Waals surface area contributed by atoms with Crippen LogP contribution in [0, 0.1) is 6.92 Å². The SMILES string of the molecule is Cc1ccnn1CCC(=O)NCCN1CCCC[C@H]1CO. The molecule has 21 heavy (non-hydrogen) atoms. The van der Waals surface area contributed by atoms with E-state index in [1.165, 1.54) is 12.8 Å². The van der Waals surface area contributed by atoms with Crippen LogP contribution < -0.4 is 5.32 Å². The summed E-state index contributed by atoms with van der Waals surface area (Å²) in [6.07, 6.45) is 5.63. The van der Waals surface area contributed by atoms with Crippen molar-refractivity contribution in [3.05, 3.63) is 18.0 Å². The summed E-state index contributed by atoms with van der Waals surface area (Å²) in [5.74, 6) is 0.0578. The molecule has 0 aliphatic carbocycles. The summed E-state index contributed by atoms with van der Waals surface area (Å²) in [5, 5.41) is 16.5. The van der Waals surface area contributed by atoms with Gasteiger partial charge in [-0.25, -0.2) is 0 Å². The number of carbonyl (C=O) groups excluding carboxylic acids is 1. The largest absolute Gasteiger partial charge is 0.395 e. The maximum absolute atomic E-state index is 11.8. The van der Waals surface area contributed by atoms with Gasteiger partial charge in [-0.15, -0.1) is 0 Å². The number of aliphatic hydroxyl groups is 1. The predicted molar refractivity (Wildman–Crippen MR) is 80.9 cm³/mol. The Labute approximate surface area is 126 Å². The molecule has 2 heterocycles. The van der Waals surface area contributed by atoms with Crippen LogP contribution in [-0.4, -0.2) is 58.0 Å². The number of aryl methyl sites for hydroxylation is 2. The van der Waals surface area contributed by atoms with Crippen LogP contribution >= 0.6 is 0 Å². The zero-order valence-electron chi connectivity index (χ0n) is 12.8. The van der Waals surface area contributed by atoms with E-state index in [2.05, 4.69) is 15.3 Å². The van der Waals surface area contributed by atoms with Crippen LogP contribution in [0.2, 0.25) is 0 Å². The minimum absolute atomic E-state index is 0.0578. The van der Waals surface area contributed by atoms with Crippen LogP contribution in [-0.2, 0) is 11.3 Å². The molecule has 1 atom stereocenters. The first kappa shape index (κ1) is 16.0. The van der Waals surface area contributed by atoms with Crippen LogP contribution in [0.3, 0.4) is 0 Å². The molecule has 2 N–H and O–H groups in total. The molecule has 0 radical (unpaired) electrons. The standard InChI is InChI=1S/C15H26N4O2/c1-13-5-7-17-19(13)10-6-15(21)16-8-11-18-9-3-2-4-14(18)12-20/h5,7,14,20H,2-4,6,8-12H2,1H3,(H,16,21)/t14-/m0/s1. The zero-order chi connectivity index (χ0) is 15.1. The van der Waals surface area contributed by atoms with Crippen LogP contribution in [0.15, 0.2) is 12.3 Å². The Morgan fingerprint density at radius 2 is 2.33 bits per heavy atom. The fourth-order valence-corrected chi connectivity index (χ4v) is 2.83. The second-order valence-corrected chi connectivity index (χ2v) is 5.66. The fraction of sp³-hybridized carbons (Fsp3) is 0.733. The maximum Gasteiger partial charge on any atom is 0.221 e. The smallest absolute Gasteiger partial charge is 0.221 e. The summed E-state index contributed by atoms with van der Waals surface area (Å²) >= 11 is 0. The van der Waals surface area contributed by atoms with Gasteiger partial charge in [-0.1, -0.05) is 6.42 Å². The highest BCUT2D eigenvalue weighted by atomic mass is 16.3. The number of hydrogen-bond acceptors (Lipinski definition) is 4. The molecule has 1 saturated heterocycles. The van der Waals surface area contributed by atoms with Crippen molar-refractivity contribution >= 4 is 5.91 Å². The molecule has 1 fully saturated rings. The second kappa shape index (κ2) is 8.14. The second-order valence-electron chi connectivity index (χ2n) is 5.66. The molecule has 6 nitrogen and oxygen atoms in total. The molecule has 118 valence electrons. The molecule has 1 amide bonds. The third kappa shape index (κ3) is 4.82. The van der Waals surface area contributed by atoms with Gasteiger partial charge in [-0.2, -0.15) is 5.10 Å². The average Bonchev–Trinajstić information content (AvgIpc) is 2.91. The van der Waals surface area contributed by atoms with Crippen molar-refractivity contribution in [2.75, 3.05) is 26.2 Å². The van der Waals surface area contributed by atoms with E-state index in [1.807, 2.05) is 17.7 Å². The summed E-state index contributed by atoms with van der Waals surface area (Å²) in [7, 11) is 0. The van der Waals surface area contributed by atoms with Crippen LogP contribution in [0.1, 0.15) is 31.4 Å². The predicted octanol–water partition coefficient (Wildman–Crippen LogP) is 0.545. The van der Waals surface area contributed by atoms with E-state index < -0.39 is 0 Å². The number of piperidine rings is 1. The minimum atomic E-state index is 0.0578. The van der Waals surface area contributed by atoms with Crippen molar-refractivity contribution in [2.45, 2.75) is 45.2 Å². The number of nitrogens with zero attached hydrogens (tertiary/aromatic N) is 3. The van der Waals surface area contributed by atoms with Gasteiger partial charge in [-0.05, 0) is 32.4 Å². The summed E-state index contributed by atoms with van der Waals surface area (Å²) in [6, 6.07) is 2.20. The van der Waals surface area contributed by atoms with Gasteiger partial charge in [0.2, 0.25) is 5.91 Å². The Morgan fingerprint density at radius 1 is 1.48 bits per heavy atom. The number of hydrogen-bond donors (Lipinski definition) is 2. The molecule has 2 rings (SSSR count). The molecule has 0 aromatic carbocycles. The molecule has 0 unspecified atom stereocenters. The Bertz CT molecular complexity index is 447. The Kier molecular flexibility index (Phi) is 6.20. The summed E-state index contributed by atoms with van der Waals surface area (Å²) < 4.78 is 1.84. The lowest BCUT2D eigenvalue weighted by Crippen LogP contribution is -2.45.